The Morgan fingerprint density at radius 1 is 1.46 bits per heavy atom. The van der Waals surface area contributed by atoms with E-state index in [0.29, 0.717) is 0 Å². The van der Waals surface area contributed by atoms with Gasteiger partial charge in [-0.05, 0) is 36.0 Å². The molecule has 0 N–H and O–H groups in total. The molecule has 6 heteroatoms. The summed E-state index contributed by atoms with van der Waals surface area (Å²) < 4.78 is 1.17. The third kappa shape index (κ3) is 3.37. The number of hydrogen-bond acceptors (Lipinski definition) is 2. The second kappa shape index (κ2) is 7.01. The van der Waals surface area contributed by atoms with Gasteiger partial charge in [-0.1, -0.05) is 42.0 Å². The molecule has 2 nitrogen and oxygen atoms in total. The van der Waals surface area contributed by atoms with Gasteiger partial charge in [0.15, 0.2) is 0 Å². The first-order chi connectivity index (χ1) is 5.88. The van der Waals surface area contributed by atoms with E-state index in [4.69, 9.17) is 0 Å². The van der Waals surface area contributed by atoms with Crippen molar-refractivity contribution in [1.29, 1.82) is 0 Å². The van der Waals surface area contributed by atoms with Crippen molar-refractivity contribution in [3.8, 4) is 0 Å². The van der Waals surface area contributed by atoms with Gasteiger partial charge in [0.05, 0.1) is 0 Å². The van der Waals surface area contributed by atoms with E-state index < -0.39 is 0 Å². The minimum absolute atomic E-state index is 0. The molecule has 66 valence electrons. The fourth-order valence-electron chi connectivity index (χ4n) is 0.874. The maximum atomic E-state index is 4.10. The van der Waals surface area contributed by atoms with Gasteiger partial charge in [-0.3, -0.25) is 0 Å². The number of halogens is 1. The molecule has 0 amide bonds. The monoisotopic (exact) mass is 355 g/mol. The van der Waals surface area contributed by atoms with Crippen LogP contribution in [0.2, 0.25) is 0 Å². The average Bonchev–Trinajstić information content (AvgIpc) is 2.53. The van der Waals surface area contributed by atoms with Crippen LogP contribution in [-0.4, -0.2) is 4.98 Å². The van der Waals surface area contributed by atoms with Crippen molar-refractivity contribution in [2.45, 2.75) is 0 Å². The van der Waals surface area contributed by atoms with Crippen LogP contribution < -0.4 is 4.98 Å². The van der Waals surface area contributed by atoms with Gasteiger partial charge in [-0.2, -0.15) is 0 Å². The van der Waals surface area contributed by atoms with Crippen molar-refractivity contribution < 1.29 is 21.7 Å². The molecule has 13 heavy (non-hydrogen) atoms. The number of pyridine rings is 1. The Morgan fingerprint density at radius 2 is 2.15 bits per heavy atom. The summed E-state index contributed by atoms with van der Waals surface area (Å²) in [6.07, 6.45) is 3.59. The van der Waals surface area contributed by atoms with E-state index >= 15 is 0 Å². The summed E-state index contributed by atoms with van der Waals surface area (Å²) in [4.78, 5) is 8.19. The van der Waals surface area contributed by atoms with Gasteiger partial charge in [-0.25, -0.2) is 0 Å². The zero-order valence-electron chi connectivity index (χ0n) is 6.49. The molecule has 0 aliphatic heterocycles. The Kier molecular flexibility index (Phi) is 7.37. The van der Waals surface area contributed by atoms with Crippen molar-refractivity contribution >= 4 is 53.4 Å². The molecule has 2 heterocycles. The van der Waals surface area contributed by atoms with Crippen LogP contribution in [0.15, 0.2) is 24.5 Å². The van der Waals surface area contributed by atoms with Crippen LogP contribution in [0.5, 0.6) is 0 Å². The third-order valence-corrected chi connectivity index (χ3v) is 2.20. The normalized spacial score (nSPS) is 8.38. The second-order valence-corrected chi connectivity index (χ2v) is 3.14. The van der Waals surface area contributed by atoms with Crippen LogP contribution in [0, 0.1) is 3.57 Å². The molecular weight excluding hydrogens is 350 g/mol. The van der Waals surface area contributed by atoms with Crippen LogP contribution in [-0.2, 0) is 33.5 Å². The smallest absolute Gasteiger partial charge is 0.0160 e. The molecule has 2 aromatic rings. The SMILES string of the molecule is Ic1c[n-]c2ncccc12.P=S.[Ti]. The van der Waals surface area contributed by atoms with E-state index in [1.165, 1.54) is 3.57 Å². The third-order valence-electron chi connectivity index (χ3n) is 1.34. The number of rotatable bonds is 0. The fraction of sp³-hybridized carbons (Fsp3) is 0. The Balaban J connectivity index is 0.000000451. The predicted octanol–water partition coefficient (Wildman–Crippen LogP) is 2.39. The van der Waals surface area contributed by atoms with Crippen molar-refractivity contribution in [3.63, 3.8) is 0 Å². The van der Waals surface area contributed by atoms with Crippen molar-refractivity contribution in [3.05, 3.63) is 28.1 Å². The topological polar surface area (TPSA) is 27.0 Å². The summed E-state index contributed by atoms with van der Waals surface area (Å²) in [6.45, 7) is 0. The van der Waals surface area contributed by atoms with Gasteiger partial charge in [0, 0.05) is 25.3 Å². The van der Waals surface area contributed by atoms with Gasteiger partial charge in [-0.15, -0.1) is 0 Å². The first-order valence-electron chi connectivity index (χ1n) is 3.10. The Hall–Kier alpha value is 0.654. The minimum atomic E-state index is 0. The minimum Gasteiger partial charge on any atom is -0.442 e. The molecule has 0 spiro atoms. The summed E-state index contributed by atoms with van der Waals surface area (Å²) in [5.41, 5.74) is 0.840. The summed E-state index contributed by atoms with van der Waals surface area (Å²) in [6, 6.07) is 3.95. The zero-order valence-corrected chi connectivity index (χ0v) is 12.0. The molecule has 0 fully saturated rings. The van der Waals surface area contributed by atoms with E-state index in [2.05, 4.69) is 52.4 Å². The van der Waals surface area contributed by atoms with Gasteiger partial charge < -0.3 is 9.97 Å². The molecule has 0 unspecified atom stereocenters. The van der Waals surface area contributed by atoms with E-state index in [9.17, 15) is 0 Å². The van der Waals surface area contributed by atoms with Gasteiger partial charge >= 0.3 is 0 Å². The molecule has 0 aliphatic rings. The summed E-state index contributed by atoms with van der Waals surface area (Å²) in [5.74, 6) is 0. The molecule has 0 bridgehead atoms. The largest absolute Gasteiger partial charge is 0.442 e. The summed E-state index contributed by atoms with van der Waals surface area (Å²) >= 11 is 6.14. The standard InChI is InChI=1S/C7H4IN2.HPS.Ti/c8-6-4-10-7-5(6)2-1-3-9-7;1-2;/h1-4H;1H;/q-1;;. The molecule has 0 saturated heterocycles. The van der Waals surface area contributed by atoms with Crippen LogP contribution >= 0.6 is 30.6 Å². The molecule has 0 saturated carbocycles. The van der Waals surface area contributed by atoms with Crippen LogP contribution in [0.3, 0.4) is 0 Å². The van der Waals surface area contributed by atoms with E-state index in [1.807, 2.05) is 18.3 Å². The number of aromatic nitrogens is 2. The van der Waals surface area contributed by atoms with E-state index in [0.717, 1.165) is 11.0 Å². The number of hydrogen-bond donors (Lipinski definition) is 0. The maximum Gasteiger partial charge on any atom is 0.0160 e. The Morgan fingerprint density at radius 3 is 2.77 bits per heavy atom. The van der Waals surface area contributed by atoms with E-state index in [1.54, 1.807) is 6.20 Å². The molecule has 0 radical (unpaired) electrons. The molecule has 2 rings (SSSR count). The van der Waals surface area contributed by atoms with Gasteiger partial charge in [0.1, 0.15) is 0 Å². The first kappa shape index (κ1) is 13.7. The maximum absolute atomic E-state index is 4.10. The molecule has 0 atom stereocenters. The summed E-state index contributed by atoms with van der Waals surface area (Å²) in [5, 5.41) is 1.14. The van der Waals surface area contributed by atoms with Crippen LogP contribution in [0.25, 0.3) is 11.0 Å². The predicted molar refractivity (Wildman–Crippen MR) is 63.5 cm³/mol. The molecule has 0 aromatic carbocycles. The number of fused-ring (bicyclic) bond motifs is 1. The zero-order chi connectivity index (χ0) is 8.97. The quantitative estimate of drug-likeness (QED) is 0.413. The van der Waals surface area contributed by atoms with Gasteiger partial charge in [0.2, 0.25) is 0 Å². The summed E-state index contributed by atoms with van der Waals surface area (Å²) in [7, 11) is 2.56. The fourth-order valence-corrected chi connectivity index (χ4v) is 1.43. The number of nitrogens with zero attached hydrogens (tertiary/aromatic N) is 2. The van der Waals surface area contributed by atoms with E-state index in [-0.39, 0.29) is 21.7 Å². The van der Waals surface area contributed by atoms with Crippen LogP contribution in [0.1, 0.15) is 0 Å². The molecule has 2 aromatic heterocycles. The molecule has 0 aliphatic carbocycles. The van der Waals surface area contributed by atoms with Crippen molar-refractivity contribution in [1.82, 2.24) is 9.97 Å². The average molecular weight is 355 g/mol. The van der Waals surface area contributed by atoms with Crippen molar-refractivity contribution in [2.75, 3.05) is 0 Å². The van der Waals surface area contributed by atoms with Crippen molar-refractivity contribution in [2.24, 2.45) is 0 Å². The first-order valence-corrected chi connectivity index (χ1v) is 5.81. The Bertz CT molecular complexity index is 381. The molecular formula is C7H5IN2PSTi-. The Labute approximate surface area is 112 Å². The van der Waals surface area contributed by atoms with Gasteiger partial charge in [0.25, 0.3) is 0 Å². The van der Waals surface area contributed by atoms with Crippen LogP contribution in [0.4, 0.5) is 0 Å². The second-order valence-electron chi connectivity index (χ2n) is 1.98.